The highest BCUT2D eigenvalue weighted by Gasteiger charge is 2.14. The number of carboxylic acid groups (broad SMARTS) is 1. The molecule has 0 aliphatic rings. The van der Waals surface area contributed by atoms with E-state index in [0.717, 1.165) is 5.69 Å². The maximum atomic E-state index is 11.0. The van der Waals surface area contributed by atoms with E-state index in [1.165, 1.54) is 0 Å². The molecule has 1 heterocycles. The molecule has 0 saturated carbocycles. The smallest absolute Gasteiger partial charge is 0.417 e. The van der Waals surface area contributed by atoms with Crippen molar-refractivity contribution < 1.29 is 14.3 Å². The molecule has 6 heteroatoms. The largest absolute Gasteiger partial charge is 0.481 e. The third-order valence-corrected chi connectivity index (χ3v) is 2.81. The minimum absolute atomic E-state index is 0.392. The topological polar surface area (TPSA) is 86.5 Å². The Hall–Kier alpha value is -2.24. The first-order valence-corrected chi connectivity index (χ1v) is 5.54. The molecule has 0 amide bonds. The van der Waals surface area contributed by atoms with Crippen LogP contribution in [-0.2, 0) is 4.79 Å². The fourth-order valence-electron chi connectivity index (χ4n) is 1.77. The van der Waals surface area contributed by atoms with Gasteiger partial charge in [-0.2, -0.15) is 0 Å². The molecule has 0 spiro atoms. The van der Waals surface area contributed by atoms with Gasteiger partial charge >= 0.3 is 11.7 Å². The van der Waals surface area contributed by atoms with Crippen LogP contribution < -0.4 is 10.7 Å². The lowest BCUT2D eigenvalue weighted by Crippen LogP contribution is -2.28. The Morgan fingerprint density at radius 3 is 2.94 bits per heavy atom. The summed E-state index contributed by atoms with van der Waals surface area (Å²) in [5.74, 6) is -1.79. The number of rotatable bonds is 4. The van der Waals surface area contributed by atoms with Crippen LogP contribution in [0.1, 0.15) is 6.92 Å². The summed E-state index contributed by atoms with van der Waals surface area (Å²) in [5, 5.41) is 8.86. The number of benzene rings is 1. The van der Waals surface area contributed by atoms with Crippen molar-refractivity contribution in [2.24, 2.45) is 5.92 Å². The zero-order valence-corrected chi connectivity index (χ0v) is 10.1. The molecular weight excluding hydrogens is 236 g/mol. The molecular formula is C12H14N2O4. The van der Waals surface area contributed by atoms with Gasteiger partial charge in [-0.3, -0.25) is 9.78 Å². The predicted molar refractivity (Wildman–Crippen MR) is 66.9 cm³/mol. The van der Waals surface area contributed by atoms with Gasteiger partial charge in [-0.05, 0) is 18.2 Å². The number of nitrogens with zero attached hydrogens (tertiary/aromatic N) is 1. The molecule has 2 aromatic rings. The van der Waals surface area contributed by atoms with Gasteiger partial charge in [-0.25, -0.2) is 4.79 Å². The first kappa shape index (κ1) is 12.2. The SMILES string of the molecule is CC(CN(C)c1ccc2oc(=O)[nH]c2c1)C(=O)O. The van der Waals surface area contributed by atoms with Crippen LogP contribution >= 0.6 is 0 Å². The fraction of sp³-hybridized carbons (Fsp3) is 0.333. The Morgan fingerprint density at radius 1 is 1.56 bits per heavy atom. The quantitative estimate of drug-likeness (QED) is 0.853. The number of H-pyrrole nitrogens is 1. The molecule has 2 rings (SSSR count). The third-order valence-electron chi connectivity index (χ3n) is 2.81. The molecule has 96 valence electrons. The van der Waals surface area contributed by atoms with Crippen molar-refractivity contribution in [3.63, 3.8) is 0 Å². The Labute approximate surface area is 103 Å². The van der Waals surface area contributed by atoms with E-state index in [1.54, 1.807) is 32.2 Å². The molecule has 6 nitrogen and oxygen atoms in total. The van der Waals surface area contributed by atoms with Crippen molar-refractivity contribution in [1.29, 1.82) is 0 Å². The van der Waals surface area contributed by atoms with E-state index in [1.807, 2.05) is 4.90 Å². The van der Waals surface area contributed by atoms with E-state index in [9.17, 15) is 9.59 Å². The zero-order chi connectivity index (χ0) is 13.3. The summed E-state index contributed by atoms with van der Waals surface area (Å²) in [4.78, 5) is 26.2. The number of fused-ring (bicyclic) bond motifs is 1. The third kappa shape index (κ3) is 2.37. The van der Waals surface area contributed by atoms with Crippen LogP contribution in [0.4, 0.5) is 5.69 Å². The molecule has 1 atom stereocenters. The molecule has 0 saturated heterocycles. The lowest BCUT2D eigenvalue weighted by atomic mass is 10.1. The molecule has 1 unspecified atom stereocenters. The first-order valence-electron chi connectivity index (χ1n) is 5.54. The van der Waals surface area contributed by atoms with Crippen molar-refractivity contribution in [3.8, 4) is 0 Å². The van der Waals surface area contributed by atoms with Crippen LogP contribution in [0.5, 0.6) is 0 Å². The van der Waals surface area contributed by atoms with Crippen molar-refractivity contribution in [3.05, 3.63) is 28.7 Å². The zero-order valence-electron chi connectivity index (χ0n) is 10.1. The lowest BCUT2D eigenvalue weighted by Gasteiger charge is -2.21. The van der Waals surface area contributed by atoms with Crippen molar-refractivity contribution in [1.82, 2.24) is 4.98 Å². The number of aromatic amines is 1. The molecule has 0 fully saturated rings. The van der Waals surface area contributed by atoms with Gasteiger partial charge in [-0.1, -0.05) is 6.92 Å². The fourth-order valence-corrected chi connectivity index (χ4v) is 1.77. The number of carbonyl (C=O) groups is 1. The predicted octanol–water partition coefficient (Wildman–Crippen LogP) is 1.28. The maximum Gasteiger partial charge on any atom is 0.417 e. The van der Waals surface area contributed by atoms with Gasteiger partial charge in [-0.15, -0.1) is 0 Å². The number of anilines is 1. The van der Waals surface area contributed by atoms with Gasteiger partial charge < -0.3 is 14.4 Å². The number of carboxylic acids is 1. The minimum Gasteiger partial charge on any atom is -0.481 e. The highest BCUT2D eigenvalue weighted by Crippen LogP contribution is 2.19. The van der Waals surface area contributed by atoms with Gasteiger partial charge in [0.15, 0.2) is 5.58 Å². The van der Waals surface area contributed by atoms with E-state index in [-0.39, 0.29) is 0 Å². The number of oxazole rings is 1. The van der Waals surface area contributed by atoms with Crippen molar-refractivity contribution in [2.75, 3.05) is 18.5 Å². The summed E-state index contributed by atoms with van der Waals surface area (Å²) in [6.45, 7) is 2.04. The van der Waals surface area contributed by atoms with Crippen molar-refractivity contribution >= 4 is 22.8 Å². The van der Waals surface area contributed by atoms with Gasteiger partial charge in [0.1, 0.15) is 0 Å². The second-order valence-electron chi connectivity index (χ2n) is 4.31. The summed E-state index contributed by atoms with van der Waals surface area (Å²) < 4.78 is 4.90. The lowest BCUT2D eigenvalue weighted by molar-refractivity contribution is -0.140. The highest BCUT2D eigenvalue weighted by molar-refractivity contribution is 5.77. The van der Waals surface area contributed by atoms with E-state index in [0.29, 0.717) is 17.6 Å². The van der Waals surface area contributed by atoms with Gasteiger partial charge in [0.05, 0.1) is 11.4 Å². The Bertz CT molecular complexity index is 628. The van der Waals surface area contributed by atoms with Crippen molar-refractivity contribution in [2.45, 2.75) is 6.92 Å². The van der Waals surface area contributed by atoms with Gasteiger partial charge in [0.2, 0.25) is 0 Å². The highest BCUT2D eigenvalue weighted by atomic mass is 16.4. The van der Waals surface area contributed by atoms with E-state index < -0.39 is 17.6 Å². The number of hydrogen-bond acceptors (Lipinski definition) is 4. The molecule has 0 bridgehead atoms. The second-order valence-corrected chi connectivity index (χ2v) is 4.31. The molecule has 0 radical (unpaired) electrons. The first-order chi connectivity index (χ1) is 8.47. The molecule has 2 N–H and O–H groups in total. The van der Waals surface area contributed by atoms with Gasteiger partial charge in [0, 0.05) is 19.3 Å². The number of aromatic nitrogens is 1. The minimum atomic E-state index is -0.834. The summed E-state index contributed by atoms with van der Waals surface area (Å²) in [5.41, 5.74) is 1.92. The van der Waals surface area contributed by atoms with Crippen LogP contribution in [-0.4, -0.2) is 29.7 Å². The number of hydrogen-bond donors (Lipinski definition) is 2. The Kier molecular flexibility index (Phi) is 3.10. The van der Waals surface area contributed by atoms with Crippen LogP contribution in [0.2, 0.25) is 0 Å². The average molecular weight is 250 g/mol. The molecule has 0 aliphatic heterocycles. The van der Waals surface area contributed by atoms with E-state index >= 15 is 0 Å². The van der Waals surface area contributed by atoms with Crippen LogP contribution in [0.25, 0.3) is 11.1 Å². The summed E-state index contributed by atoms with van der Waals surface area (Å²) in [6, 6.07) is 5.23. The summed E-state index contributed by atoms with van der Waals surface area (Å²) >= 11 is 0. The van der Waals surface area contributed by atoms with E-state index in [4.69, 9.17) is 9.52 Å². The normalized spacial score (nSPS) is 12.6. The van der Waals surface area contributed by atoms with Gasteiger partial charge in [0.25, 0.3) is 0 Å². The monoisotopic (exact) mass is 250 g/mol. The standard InChI is InChI=1S/C12H14N2O4/c1-7(11(15)16)6-14(2)8-3-4-10-9(5-8)13-12(17)18-10/h3-5,7H,6H2,1-2H3,(H,13,17)(H,15,16). The summed E-state index contributed by atoms with van der Waals surface area (Å²) in [7, 11) is 1.80. The van der Waals surface area contributed by atoms with E-state index in [2.05, 4.69) is 4.98 Å². The molecule has 1 aromatic carbocycles. The molecule has 1 aromatic heterocycles. The Morgan fingerprint density at radius 2 is 2.28 bits per heavy atom. The van der Waals surface area contributed by atoms with Crippen LogP contribution in [0, 0.1) is 5.92 Å². The maximum absolute atomic E-state index is 11.0. The number of nitrogens with one attached hydrogen (secondary N) is 1. The van der Waals surface area contributed by atoms with Crippen LogP contribution in [0.3, 0.4) is 0 Å². The average Bonchev–Trinajstić information content (AvgIpc) is 2.67. The van der Waals surface area contributed by atoms with Crippen LogP contribution in [0.15, 0.2) is 27.4 Å². The Balaban J connectivity index is 2.24. The second kappa shape index (κ2) is 4.56. The summed E-state index contributed by atoms with van der Waals surface area (Å²) in [6.07, 6.45) is 0. The molecule has 0 aliphatic carbocycles. The molecule has 18 heavy (non-hydrogen) atoms. The number of aliphatic carboxylic acids is 1.